The van der Waals surface area contributed by atoms with Crippen LogP contribution in [-0.4, -0.2) is 44.2 Å². The minimum Gasteiger partial charge on any atom is -0.385 e. The quantitative estimate of drug-likeness (QED) is 0.353. The van der Waals surface area contributed by atoms with Crippen LogP contribution in [0.4, 0.5) is 5.82 Å². The molecular formula is C27H34N4O2. The summed E-state index contributed by atoms with van der Waals surface area (Å²) in [6, 6.07) is 10.7. The monoisotopic (exact) mass is 446 g/mol. The zero-order chi connectivity index (χ0) is 23.8. The minimum atomic E-state index is -0.0610. The van der Waals surface area contributed by atoms with Crippen LogP contribution >= 0.6 is 0 Å². The third-order valence-electron chi connectivity index (χ3n) is 6.14. The molecule has 33 heavy (non-hydrogen) atoms. The van der Waals surface area contributed by atoms with E-state index in [9.17, 15) is 10.1 Å². The molecule has 0 spiro atoms. The van der Waals surface area contributed by atoms with Gasteiger partial charge in [-0.2, -0.15) is 5.26 Å². The normalized spacial score (nSPS) is 13.8. The van der Waals surface area contributed by atoms with Crippen molar-refractivity contribution in [3.8, 4) is 17.2 Å². The summed E-state index contributed by atoms with van der Waals surface area (Å²) >= 11 is 0. The van der Waals surface area contributed by atoms with Gasteiger partial charge in [-0.05, 0) is 56.2 Å². The molecule has 1 aliphatic carbocycles. The molecule has 1 fully saturated rings. The minimum absolute atomic E-state index is 0.0610. The Labute approximate surface area is 197 Å². The molecule has 0 bridgehead atoms. The number of benzene rings is 1. The van der Waals surface area contributed by atoms with Crippen LogP contribution in [0.3, 0.4) is 0 Å². The molecule has 1 N–H and O–H groups in total. The van der Waals surface area contributed by atoms with E-state index < -0.39 is 0 Å². The maximum atomic E-state index is 11.0. The number of pyridine rings is 1. The summed E-state index contributed by atoms with van der Waals surface area (Å²) in [5, 5.41) is 13.0. The van der Waals surface area contributed by atoms with Crippen LogP contribution in [0.1, 0.15) is 60.9 Å². The second-order valence-corrected chi connectivity index (χ2v) is 8.74. The van der Waals surface area contributed by atoms with Crippen LogP contribution in [0.15, 0.2) is 30.8 Å². The predicted molar refractivity (Wildman–Crippen MR) is 133 cm³/mol. The molecular weight excluding hydrogens is 412 g/mol. The van der Waals surface area contributed by atoms with Crippen LogP contribution in [0.2, 0.25) is 0 Å². The molecule has 1 aromatic heterocycles. The number of anilines is 1. The molecule has 174 valence electrons. The highest BCUT2D eigenvalue weighted by molar-refractivity contribution is 5.77. The highest BCUT2D eigenvalue weighted by atomic mass is 16.5. The SMILES string of the molecule is C=Cc1ccc(-c2c(C3CC3)nc(N(CCCCOC)CC(C)NC=O)c(C#N)c2C)cc1. The molecule has 1 aromatic carbocycles. The molecule has 1 unspecified atom stereocenters. The average Bonchev–Trinajstić information content (AvgIpc) is 3.66. The molecule has 0 radical (unpaired) electrons. The number of methoxy groups -OCH3 is 1. The van der Waals surface area contributed by atoms with E-state index in [0.717, 1.165) is 72.4 Å². The predicted octanol–water partition coefficient (Wildman–Crippen LogP) is 4.82. The average molecular weight is 447 g/mol. The maximum absolute atomic E-state index is 11.0. The van der Waals surface area contributed by atoms with Gasteiger partial charge >= 0.3 is 0 Å². The third kappa shape index (κ3) is 6.00. The molecule has 0 saturated heterocycles. The summed E-state index contributed by atoms with van der Waals surface area (Å²) in [7, 11) is 1.70. The van der Waals surface area contributed by atoms with Crippen molar-refractivity contribution < 1.29 is 9.53 Å². The molecule has 3 rings (SSSR count). The third-order valence-corrected chi connectivity index (χ3v) is 6.14. The van der Waals surface area contributed by atoms with E-state index in [1.165, 1.54) is 0 Å². The molecule has 1 amide bonds. The van der Waals surface area contributed by atoms with Gasteiger partial charge in [0.25, 0.3) is 0 Å². The zero-order valence-corrected chi connectivity index (χ0v) is 19.9. The van der Waals surface area contributed by atoms with Crippen LogP contribution < -0.4 is 10.2 Å². The Kier molecular flexibility index (Phi) is 8.62. The molecule has 0 aliphatic heterocycles. The van der Waals surface area contributed by atoms with Crippen molar-refractivity contribution >= 4 is 18.3 Å². The standard InChI is InChI=1S/C27H34N4O2/c1-5-21-8-10-22(11-9-21)25-20(3)24(16-28)27(30-26(25)23-12-13-23)31(14-6-7-15-33-4)17-19(2)29-18-32/h5,8-11,18-19,23H,1,6-7,12-15,17H2,2-4H3,(H,29,32). The first-order valence-electron chi connectivity index (χ1n) is 11.6. The fourth-order valence-corrected chi connectivity index (χ4v) is 4.21. The Bertz CT molecular complexity index is 1010. The zero-order valence-electron chi connectivity index (χ0n) is 19.9. The lowest BCUT2D eigenvalue weighted by molar-refractivity contribution is -0.110. The van der Waals surface area contributed by atoms with Crippen LogP contribution in [0.25, 0.3) is 17.2 Å². The van der Waals surface area contributed by atoms with E-state index in [0.29, 0.717) is 24.6 Å². The van der Waals surface area contributed by atoms with E-state index in [4.69, 9.17) is 9.72 Å². The molecule has 1 heterocycles. The lowest BCUT2D eigenvalue weighted by Crippen LogP contribution is -2.40. The first-order valence-corrected chi connectivity index (χ1v) is 11.6. The Morgan fingerprint density at radius 1 is 1.33 bits per heavy atom. The Balaban J connectivity index is 2.07. The summed E-state index contributed by atoms with van der Waals surface area (Å²) in [5.74, 6) is 1.14. The summed E-state index contributed by atoms with van der Waals surface area (Å²) in [4.78, 5) is 18.3. The van der Waals surface area contributed by atoms with Gasteiger partial charge in [-0.15, -0.1) is 0 Å². The Morgan fingerprint density at radius 2 is 2.06 bits per heavy atom. The van der Waals surface area contributed by atoms with Gasteiger partial charge in [0.15, 0.2) is 0 Å². The van der Waals surface area contributed by atoms with Crippen molar-refractivity contribution in [1.82, 2.24) is 10.3 Å². The Morgan fingerprint density at radius 3 is 2.64 bits per heavy atom. The maximum Gasteiger partial charge on any atom is 0.207 e. The number of nitrogens with one attached hydrogen (secondary N) is 1. The van der Waals surface area contributed by atoms with Crippen LogP contribution in [-0.2, 0) is 9.53 Å². The first-order chi connectivity index (χ1) is 16.0. The van der Waals surface area contributed by atoms with Gasteiger partial charge in [-0.25, -0.2) is 4.98 Å². The molecule has 6 heteroatoms. The molecule has 1 saturated carbocycles. The van der Waals surface area contributed by atoms with Crippen molar-refractivity contribution in [2.75, 3.05) is 31.7 Å². The van der Waals surface area contributed by atoms with Gasteiger partial charge in [0.2, 0.25) is 6.41 Å². The largest absolute Gasteiger partial charge is 0.385 e. The number of nitrogens with zero attached hydrogens (tertiary/aromatic N) is 3. The highest BCUT2D eigenvalue weighted by Crippen LogP contribution is 2.46. The van der Waals surface area contributed by atoms with E-state index in [2.05, 4.69) is 35.0 Å². The number of unbranched alkanes of at least 4 members (excludes halogenated alkanes) is 1. The summed E-state index contributed by atoms with van der Waals surface area (Å²) in [6.07, 6.45) is 6.63. The van der Waals surface area contributed by atoms with Gasteiger partial charge in [0.1, 0.15) is 11.9 Å². The second kappa shape index (κ2) is 11.6. The first kappa shape index (κ1) is 24.5. The summed E-state index contributed by atoms with van der Waals surface area (Å²) in [6.45, 7) is 9.86. The van der Waals surface area contributed by atoms with Crippen molar-refractivity contribution in [2.24, 2.45) is 0 Å². The lowest BCUT2D eigenvalue weighted by Gasteiger charge is -2.29. The number of nitriles is 1. The number of carbonyl (C=O) groups excluding carboxylic acids is 1. The van der Waals surface area contributed by atoms with Crippen molar-refractivity contribution in [1.29, 1.82) is 5.26 Å². The number of hydrogen-bond donors (Lipinski definition) is 1. The van der Waals surface area contributed by atoms with Crippen molar-refractivity contribution in [2.45, 2.75) is 51.5 Å². The number of amides is 1. The summed E-state index contributed by atoms with van der Waals surface area (Å²) in [5.41, 5.74) is 5.87. The second-order valence-electron chi connectivity index (χ2n) is 8.74. The smallest absolute Gasteiger partial charge is 0.207 e. The lowest BCUT2D eigenvalue weighted by atomic mass is 9.93. The van der Waals surface area contributed by atoms with E-state index in [1.54, 1.807) is 7.11 Å². The van der Waals surface area contributed by atoms with Gasteiger partial charge in [-0.1, -0.05) is 36.9 Å². The summed E-state index contributed by atoms with van der Waals surface area (Å²) < 4.78 is 5.20. The number of rotatable bonds is 13. The number of aromatic nitrogens is 1. The highest BCUT2D eigenvalue weighted by Gasteiger charge is 2.32. The van der Waals surface area contributed by atoms with E-state index in [-0.39, 0.29) is 6.04 Å². The fraction of sp³-hybridized carbons (Fsp3) is 0.444. The molecule has 6 nitrogen and oxygen atoms in total. The topological polar surface area (TPSA) is 78.2 Å². The van der Waals surface area contributed by atoms with Gasteiger partial charge in [-0.3, -0.25) is 4.79 Å². The van der Waals surface area contributed by atoms with Crippen molar-refractivity contribution in [3.05, 3.63) is 53.2 Å². The van der Waals surface area contributed by atoms with Gasteiger partial charge < -0.3 is 15.0 Å². The molecule has 1 atom stereocenters. The van der Waals surface area contributed by atoms with Gasteiger partial charge in [0.05, 0.1) is 11.3 Å². The van der Waals surface area contributed by atoms with Crippen LogP contribution in [0, 0.1) is 18.3 Å². The molecule has 2 aromatic rings. The van der Waals surface area contributed by atoms with Crippen molar-refractivity contribution in [3.63, 3.8) is 0 Å². The number of carbonyl (C=O) groups is 1. The number of hydrogen-bond acceptors (Lipinski definition) is 5. The fourth-order valence-electron chi connectivity index (χ4n) is 4.21. The molecule has 1 aliphatic rings. The van der Waals surface area contributed by atoms with E-state index >= 15 is 0 Å². The van der Waals surface area contributed by atoms with Gasteiger partial charge in [0, 0.05) is 44.3 Å². The van der Waals surface area contributed by atoms with Crippen LogP contribution in [0.5, 0.6) is 0 Å². The van der Waals surface area contributed by atoms with E-state index in [1.807, 2.05) is 32.1 Å². The number of ether oxygens (including phenoxy) is 1. The Hall–Kier alpha value is -3.17.